The number of aromatic carboxylic acids is 1. The monoisotopic (exact) mass is 328 g/mol. The van der Waals surface area contributed by atoms with Crippen molar-refractivity contribution >= 4 is 28.7 Å². The van der Waals surface area contributed by atoms with Crippen molar-refractivity contribution in [3.63, 3.8) is 0 Å². The molecule has 1 aromatic rings. The van der Waals surface area contributed by atoms with E-state index >= 15 is 0 Å². The molecule has 0 bridgehead atoms. The van der Waals surface area contributed by atoms with Gasteiger partial charge in [-0.05, 0) is 17.7 Å². The first kappa shape index (κ1) is 15.6. The molecule has 0 fully saturated rings. The average molecular weight is 328 g/mol. The van der Waals surface area contributed by atoms with Gasteiger partial charge in [-0.2, -0.15) is 0 Å². The molecular formula is C16H12N2O6. The van der Waals surface area contributed by atoms with Crippen molar-refractivity contribution in [2.75, 3.05) is 5.32 Å². The number of hydrogen-bond donors (Lipinski definition) is 3. The second-order valence-electron chi connectivity index (χ2n) is 5.13. The van der Waals surface area contributed by atoms with E-state index in [0.29, 0.717) is 16.7 Å². The smallest absolute Gasteiger partial charge is 0.340 e. The molecule has 0 atom stereocenters. The summed E-state index contributed by atoms with van der Waals surface area (Å²) in [6.07, 6.45) is 0. The first-order valence-corrected chi connectivity index (χ1v) is 6.93. The van der Waals surface area contributed by atoms with Crippen LogP contribution < -0.4 is 10.7 Å². The Bertz CT molecular complexity index is 1010. The van der Waals surface area contributed by atoms with Crippen molar-refractivity contribution in [1.29, 1.82) is 0 Å². The van der Waals surface area contributed by atoms with E-state index < -0.39 is 22.9 Å². The number of nitrogens with one attached hydrogen (secondary N) is 1. The zero-order valence-electron chi connectivity index (χ0n) is 12.5. The number of nitrogens with zero attached hydrogens (tertiary/aromatic N) is 1. The number of aliphatic hydroxyl groups is 1. The third kappa shape index (κ3) is 2.59. The normalized spacial score (nSPS) is 10.9. The Labute approximate surface area is 134 Å². The van der Waals surface area contributed by atoms with Crippen LogP contribution in [0, 0.1) is 0 Å². The van der Waals surface area contributed by atoms with Crippen molar-refractivity contribution in [2.45, 2.75) is 13.5 Å². The highest BCUT2D eigenvalue weighted by Gasteiger charge is 2.26. The number of carboxylic acid groups (broad SMARTS) is 1. The molecule has 1 aliphatic carbocycles. The lowest BCUT2D eigenvalue weighted by atomic mass is 10.1. The predicted molar refractivity (Wildman–Crippen MR) is 84.1 cm³/mol. The summed E-state index contributed by atoms with van der Waals surface area (Å²) in [6, 6.07) is 5.83. The molecule has 8 nitrogen and oxygen atoms in total. The highest BCUT2D eigenvalue weighted by atomic mass is 16.4. The zero-order chi connectivity index (χ0) is 17.4. The summed E-state index contributed by atoms with van der Waals surface area (Å²) in [4.78, 5) is 39.2. The van der Waals surface area contributed by atoms with Crippen molar-refractivity contribution in [2.24, 2.45) is 0 Å². The predicted octanol–water partition coefficient (Wildman–Crippen LogP) is 1.44. The summed E-state index contributed by atoms with van der Waals surface area (Å²) in [6.45, 7) is 0.957. The molecule has 0 unspecified atom stereocenters. The Morgan fingerprint density at radius 3 is 2.67 bits per heavy atom. The van der Waals surface area contributed by atoms with Gasteiger partial charge < -0.3 is 19.9 Å². The summed E-state index contributed by atoms with van der Waals surface area (Å²) in [7, 11) is 0. The lowest BCUT2D eigenvalue weighted by Gasteiger charge is -2.13. The minimum Gasteiger partial charge on any atom is -0.478 e. The maximum absolute atomic E-state index is 12.1. The fraction of sp³-hybridized carbons (Fsp3) is 0.125. The minimum atomic E-state index is -1.41. The number of carbonyl (C=O) groups is 2. The van der Waals surface area contributed by atoms with Gasteiger partial charge in [-0.3, -0.25) is 9.59 Å². The SMILES string of the molecule is CC(=O)Nc1c(C(=O)O)c2nc3cc(CO)ccc3oc-2cc1=O. The van der Waals surface area contributed by atoms with Crippen LogP contribution in [0.15, 0.2) is 33.5 Å². The topological polar surface area (TPSA) is 130 Å². The molecule has 1 aliphatic heterocycles. The van der Waals surface area contributed by atoms with Crippen LogP contribution in [0.4, 0.5) is 5.69 Å². The Balaban J connectivity index is 2.41. The maximum Gasteiger partial charge on any atom is 0.340 e. The molecule has 1 amide bonds. The summed E-state index contributed by atoms with van der Waals surface area (Å²) < 4.78 is 5.56. The summed E-state index contributed by atoms with van der Waals surface area (Å²) >= 11 is 0. The van der Waals surface area contributed by atoms with Gasteiger partial charge in [0.15, 0.2) is 11.3 Å². The van der Waals surface area contributed by atoms with Gasteiger partial charge in [0.2, 0.25) is 11.3 Å². The van der Waals surface area contributed by atoms with E-state index in [1.54, 1.807) is 18.2 Å². The molecule has 24 heavy (non-hydrogen) atoms. The molecule has 8 heteroatoms. The lowest BCUT2D eigenvalue weighted by molar-refractivity contribution is -0.114. The van der Waals surface area contributed by atoms with Gasteiger partial charge in [-0.1, -0.05) is 6.07 Å². The van der Waals surface area contributed by atoms with Crippen LogP contribution in [0.25, 0.3) is 22.6 Å². The third-order valence-corrected chi connectivity index (χ3v) is 3.40. The molecule has 0 radical (unpaired) electrons. The molecule has 3 rings (SSSR count). The van der Waals surface area contributed by atoms with E-state index in [1.807, 2.05) is 0 Å². The van der Waals surface area contributed by atoms with Gasteiger partial charge >= 0.3 is 5.97 Å². The van der Waals surface area contributed by atoms with E-state index in [9.17, 15) is 24.6 Å². The largest absolute Gasteiger partial charge is 0.478 e. The van der Waals surface area contributed by atoms with Crippen LogP contribution in [0.1, 0.15) is 22.8 Å². The molecule has 2 aliphatic rings. The zero-order valence-corrected chi connectivity index (χ0v) is 12.5. The highest BCUT2D eigenvalue weighted by molar-refractivity contribution is 6.05. The van der Waals surface area contributed by atoms with Gasteiger partial charge in [0.05, 0.1) is 6.61 Å². The standard InChI is InChI=1S/C16H12N2O6/c1-7(20)17-14-10(21)5-12-15(13(14)16(22)23)18-9-4-8(6-19)2-3-11(9)24-12/h2-5,19H,6H2,1H3,(H,17,20)(H,22,23). The van der Waals surface area contributed by atoms with Gasteiger partial charge in [0.25, 0.3) is 0 Å². The molecule has 0 saturated carbocycles. The Hall–Kier alpha value is -3.26. The third-order valence-electron chi connectivity index (χ3n) is 3.40. The lowest BCUT2D eigenvalue weighted by Crippen LogP contribution is -2.21. The van der Waals surface area contributed by atoms with Gasteiger partial charge in [-0.25, -0.2) is 9.78 Å². The van der Waals surface area contributed by atoms with Crippen molar-refractivity contribution in [1.82, 2.24) is 4.98 Å². The number of aliphatic hydroxyl groups excluding tert-OH is 1. The average Bonchev–Trinajstić information content (AvgIpc) is 2.52. The number of hydrogen-bond acceptors (Lipinski definition) is 6. The molecular weight excluding hydrogens is 316 g/mol. The molecule has 1 aromatic carbocycles. The summed E-state index contributed by atoms with van der Waals surface area (Å²) in [5.74, 6) is -1.99. The van der Waals surface area contributed by atoms with Gasteiger partial charge in [0, 0.05) is 13.0 Å². The van der Waals surface area contributed by atoms with Crippen LogP contribution in [-0.4, -0.2) is 27.1 Å². The van der Waals surface area contributed by atoms with Crippen molar-refractivity contribution in [3.8, 4) is 11.5 Å². The fourth-order valence-corrected chi connectivity index (χ4v) is 2.40. The van der Waals surface area contributed by atoms with Gasteiger partial charge in [-0.15, -0.1) is 0 Å². The minimum absolute atomic E-state index is 0.00393. The van der Waals surface area contributed by atoms with E-state index in [1.165, 1.54) is 6.92 Å². The molecule has 1 heterocycles. The number of aromatic nitrogens is 1. The Morgan fingerprint density at radius 2 is 2.04 bits per heavy atom. The fourth-order valence-electron chi connectivity index (χ4n) is 2.40. The van der Waals surface area contributed by atoms with Crippen LogP contribution in [0.2, 0.25) is 0 Å². The van der Waals surface area contributed by atoms with E-state index in [-0.39, 0.29) is 23.7 Å². The van der Waals surface area contributed by atoms with Crippen LogP contribution in [-0.2, 0) is 11.4 Å². The number of anilines is 1. The molecule has 0 aromatic heterocycles. The number of amides is 1. The summed E-state index contributed by atoms with van der Waals surface area (Å²) in [5.41, 5.74) is -0.313. The molecule has 0 saturated heterocycles. The summed E-state index contributed by atoms with van der Waals surface area (Å²) in [5, 5.41) is 20.9. The Morgan fingerprint density at radius 1 is 1.29 bits per heavy atom. The number of carboxylic acids is 1. The van der Waals surface area contributed by atoms with E-state index in [2.05, 4.69) is 10.3 Å². The quantitative estimate of drug-likeness (QED) is 0.620. The van der Waals surface area contributed by atoms with E-state index in [0.717, 1.165) is 6.07 Å². The number of carbonyl (C=O) groups excluding carboxylic acids is 1. The second kappa shape index (κ2) is 5.74. The molecule has 0 spiro atoms. The molecule has 122 valence electrons. The second-order valence-corrected chi connectivity index (χ2v) is 5.13. The van der Waals surface area contributed by atoms with Crippen molar-refractivity contribution < 1.29 is 24.2 Å². The first-order valence-electron chi connectivity index (χ1n) is 6.93. The first-order chi connectivity index (χ1) is 11.4. The van der Waals surface area contributed by atoms with Crippen LogP contribution in [0.5, 0.6) is 0 Å². The van der Waals surface area contributed by atoms with Crippen LogP contribution in [0.3, 0.4) is 0 Å². The maximum atomic E-state index is 12.1. The van der Waals surface area contributed by atoms with E-state index in [4.69, 9.17) is 4.42 Å². The highest BCUT2D eigenvalue weighted by Crippen LogP contribution is 2.30. The van der Waals surface area contributed by atoms with Crippen molar-refractivity contribution in [3.05, 3.63) is 45.6 Å². The Kier molecular flexibility index (Phi) is 3.74. The number of fused-ring (bicyclic) bond motifs is 2. The molecule has 3 N–H and O–H groups in total. The number of rotatable bonds is 3. The van der Waals surface area contributed by atoms with Crippen LogP contribution >= 0.6 is 0 Å². The number of benzene rings is 2. The van der Waals surface area contributed by atoms with Gasteiger partial charge in [0.1, 0.15) is 22.5 Å².